The predicted octanol–water partition coefficient (Wildman–Crippen LogP) is 6.95. The molecular formula is C35H37NO9. The highest BCUT2D eigenvalue weighted by atomic mass is 16.5. The summed E-state index contributed by atoms with van der Waals surface area (Å²) >= 11 is 0. The summed E-state index contributed by atoms with van der Waals surface area (Å²) in [6.07, 6.45) is 0.261. The van der Waals surface area contributed by atoms with E-state index in [-0.39, 0.29) is 23.7 Å². The molecule has 0 spiro atoms. The van der Waals surface area contributed by atoms with Gasteiger partial charge in [0.25, 0.3) is 0 Å². The number of phenolic OH excluding ortho intramolecular Hbond substituents is 1. The van der Waals surface area contributed by atoms with Gasteiger partial charge in [0.2, 0.25) is 5.75 Å². The van der Waals surface area contributed by atoms with Crippen LogP contribution in [0.2, 0.25) is 0 Å². The van der Waals surface area contributed by atoms with E-state index in [1.54, 1.807) is 20.3 Å². The third kappa shape index (κ3) is 4.85. The van der Waals surface area contributed by atoms with Crippen LogP contribution >= 0.6 is 0 Å². The summed E-state index contributed by atoms with van der Waals surface area (Å²) in [6.45, 7) is 8.15. The number of hydrogen-bond donors (Lipinski definition) is 1. The van der Waals surface area contributed by atoms with Crippen molar-refractivity contribution in [1.82, 2.24) is 4.57 Å². The van der Waals surface area contributed by atoms with Crippen LogP contribution in [0.1, 0.15) is 33.3 Å². The number of ether oxygens (including phenoxy) is 6. The zero-order valence-electron chi connectivity index (χ0n) is 26.7. The molecule has 6 rings (SSSR count). The van der Waals surface area contributed by atoms with E-state index in [1.165, 1.54) is 14.2 Å². The molecule has 236 valence electrons. The van der Waals surface area contributed by atoms with Gasteiger partial charge >= 0.3 is 5.63 Å². The number of aromatic hydroxyl groups is 1. The molecule has 1 aliphatic rings. The zero-order valence-corrected chi connectivity index (χ0v) is 26.7. The molecule has 1 N–H and O–H groups in total. The highest BCUT2D eigenvalue weighted by Gasteiger charge is 2.33. The molecule has 5 aromatic rings. The second-order valence-electron chi connectivity index (χ2n) is 11.4. The quantitative estimate of drug-likeness (QED) is 0.176. The van der Waals surface area contributed by atoms with Gasteiger partial charge in [-0.15, -0.1) is 0 Å². The lowest BCUT2D eigenvalue weighted by Crippen LogP contribution is -2.15. The Morgan fingerprint density at radius 1 is 0.800 bits per heavy atom. The first kappa shape index (κ1) is 30.1. The Kier molecular flexibility index (Phi) is 7.68. The van der Waals surface area contributed by atoms with Crippen LogP contribution in [0.5, 0.6) is 40.2 Å². The Morgan fingerprint density at radius 2 is 1.47 bits per heavy atom. The van der Waals surface area contributed by atoms with E-state index in [2.05, 4.69) is 0 Å². The minimum Gasteiger partial charge on any atom is -0.504 e. The van der Waals surface area contributed by atoms with Gasteiger partial charge in [-0.1, -0.05) is 6.07 Å². The number of aryl methyl sites for hydroxylation is 1. The average molecular weight is 616 g/mol. The van der Waals surface area contributed by atoms with E-state index in [4.69, 9.17) is 32.8 Å². The van der Waals surface area contributed by atoms with Crippen molar-refractivity contribution in [2.75, 3.05) is 28.4 Å². The number of phenols is 1. The van der Waals surface area contributed by atoms with Gasteiger partial charge < -0.3 is 42.5 Å². The maximum absolute atomic E-state index is 13.9. The SMILES string of the molecule is COc1cc(-c2c3n(c4c(=O)oc5cc(OC(C)C)c(OC)cc5c24)CCc2c-3cc(OC)c(OC)c2O)ccc1OC(C)C. The van der Waals surface area contributed by atoms with Crippen molar-refractivity contribution in [3.63, 3.8) is 0 Å². The smallest absolute Gasteiger partial charge is 0.361 e. The third-order valence-electron chi connectivity index (χ3n) is 7.96. The average Bonchev–Trinajstić information content (AvgIpc) is 3.37. The summed E-state index contributed by atoms with van der Waals surface area (Å²) in [7, 11) is 6.18. The summed E-state index contributed by atoms with van der Waals surface area (Å²) in [5.74, 6) is 2.73. The Balaban J connectivity index is 1.79. The van der Waals surface area contributed by atoms with Crippen molar-refractivity contribution in [1.29, 1.82) is 0 Å². The number of methoxy groups -OCH3 is 4. The summed E-state index contributed by atoms with van der Waals surface area (Å²) < 4.78 is 42.6. The fraction of sp³-hybridized carbons (Fsp3) is 0.343. The second kappa shape index (κ2) is 11.5. The number of fused-ring (bicyclic) bond motifs is 7. The lowest BCUT2D eigenvalue weighted by atomic mass is 9.91. The Morgan fingerprint density at radius 3 is 2.11 bits per heavy atom. The van der Waals surface area contributed by atoms with E-state index in [0.29, 0.717) is 74.7 Å². The van der Waals surface area contributed by atoms with Crippen molar-refractivity contribution in [2.45, 2.75) is 52.9 Å². The number of benzene rings is 3. The Labute approximate surface area is 260 Å². The van der Waals surface area contributed by atoms with Crippen molar-refractivity contribution in [2.24, 2.45) is 0 Å². The number of hydrogen-bond acceptors (Lipinski definition) is 9. The van der Waals surface area contributed by atoms with E-state index >= 15 is 0 Å². The molecule has 0 unspecified atom stereocenters. The van der Waals surface area contributed by atoms with Gasteiger partial charge in [-0.2, -0.15) is 0 Å². The minimum absolute atomic E-state index is 0.00149. The molecule has 0 bridgehead atoms. The Bertz CT molecular complexity index is 2000. The second-order valence-corrected chi connectivity index (χ2v) is 11.4. The fourth-order valence-electron chi connectivity index (χ4n) is 6.23. The van der Waals surface area contributed by atoms with Crippen LogP contribution in [0.15, 0.2) is 45.6 Å². The fourth-order valence-corrected chi connectivity index (χ4v) is 6.23. The first-order chi connectivity index (χ1) is 21.6. The highest BCUT2D eigenvalue weighted by Crippen LogP contribution is 2.53. The van der Waals surface area contributed by atoms with Crippen LogP contribution in [0.25, 0.3) is 44.3 Å². The summed E-state index contributed by atoms with van der Waals surface area (Å²) in [5.41, 5.74) is 3.91. The van der Waals surface area contributed by atoms with Gasteiger partial charge in [0, 0.05) is 40.1 Å². The molecule has 3 aromatic carbocycles. The summed E-state index contributed by atoms with van der Waals surface area (Å²) in [4.78, 5) is 13.9. The van der Waals surface area contributed by atoms with Crippen molar-refractivity contribution in [3.05, 3.63) is 52.4 Å². The van der Waals surface area contributed by atoms with E-state index < -0.39 is 5.63 Å². The molecule has 0 saturated carbocycles. The predicted molar refractivity (Wildman–Crippen MR) is 172 cm³/mol. The van der Waals surface area contributed by atoms with Gasteiger partial charge in [-0.25, -0.2) is 4.79 Å². The molecule has 3 heterocycles. The number of aromatic nitrogens is 1. The molecule has 45 heavy (non-hydrogen) atoms. The third-order valence-corrected chi connectivity index (χ3v) is 7.96. The van der Waals surface area contributed by atoms with Crippen molar-refractivity contribution < 1.29 is 37.9 Å². The number of nitrogens with zero attached hydrogens (tertiary/aromatic N) is 1. The topological polar surface area (TPSA) is 111 Å². The van der Waals surface area contributed by atoms with Crippen molar-refractivity contribution >= 4 is 21.9 Å². The van der Waals surface area contributed by atoms with Gasteiger partial charge in [-0.3, -0.25) is 0 Å². The molecule has 0 aliphatic carbocycles. The van der Waals surface area contributed by atoms with Crippen molar-refractivity contribution in [3.8, 4) is 62.6 Å². The molecule has 10 nitrogen and oxygen atoms in total. The maximum atomic E-state index is 13.9. The van der Waals surface area contributed by atoms with E-state index in [9.17, 15) is 9.90 Å². The summed E-state index contributed by atoms with van der Waals surface area (Å²) in [5, 5.41) is 12.7. The van der Waals surface area contributed by atoms with Crippen LogP contribution in [-0.4, -0.2) is 50.3 Å². The van der Waals surface area contributed by atoms with Gasteiger partial charge in [0.05, 0.1) is 46.3 Å². The van der Waals surface area contributed by atoms with Crippen LogP contribution in [0.4, 0.5) is 0 Å². The summed E-state index contributed by atoms with van der Waals surface area (Å²) in [6, 6.07) is 11.1. The molecule has 0 fully saturated rings. The lowest BCUT2D eigenvalue weighted by molar-refractivity contribution is 0.230. The van der Waals surface area contributed by atoms with E-state index in [0.717, 1.165) is 16.8 Å². The highest BCUT2D eigenvalue weighted by molar-refractivity contribution is 6.17. The lowest BCUT2D eigenvalue weighted by Gasteiger charge is -2.24. The van der Waals surface area contributed by atoms with Gasteiger partial charge in [-0.05, 0) is 63.9 Å². The van der Waals surface area contributed by atoms with Crippen LogP contribution in [0, 0.1) is 0 Å². The molecular weight excluding hydrogens is 578 g/mol. The first-order valence-electron chi connectivity index (χ1n) is 14.8. The molecule has 1 aliphatic heterocycles. The largest absolute Gasteiger partial charge is 0.504 e. The van der Waals surface area contributed by atoms with Crippen LogP contribution in [-0.2, 0) is 13.0 Å². The molecule has 2 aromatic heterocycles. The van der Waals surface area contributed by atoms with E-state index in [1.807, 2.05) is 62.6 Å². The Hall–Kier alpha value is -4.99. The standard InChI is InChI=1S/C35H37NO9/c1-17(2)43-23-10-9-19(13-25(23)39-5)29-30-22-15-26(40-6)27(44-18(3)4)16-24(22)45-35(38)32(30)36-12-11-20-21(31(29)36)14-28(41-7)34(42-8)33(20)37/h9-10,13-18,37H,11-12H2,1-8H3. The molecule has 0 amide bonds. The molecule has 0 atom stereocenters. The van der Waals surface area contributed by atoms with Crippen LogP contribution in [0.3, 0.4) is 0 Å². The molecule has 0 radical (unpaired) electrons. The number of rotatable bonds is 9. The van der Waals surface area contributed by atoms with Crippen LogP contribution < -0.4 is 34.0 Å². The minimum atomic E-state index is -0.495. The maximum Gasteiger partial charge on any atom is 0.361 e. The van der Waals surface area contributed by atoms with Gasteiger partial charge in [0.1, 0.15) is 11.1 Å². The van der Waals surface area contributed by atoms with Gasteiger partial charge in [0.15, 0.2) is 34.5 Å². The molecule has 0 saturated heterocycles. The first-order valence-corrected chi connectivity index (χ1v) is 14.8. The molecule has 10 heteroatoms. The normalized spacial score (nSPS) is 12.4. The zero-order chi connectivity index (χ0) is 32.2. The monoisotopic (exact) mass is 615 g/mol.